The van der Waals surface area contributed by atoms with Crippen LogP contribution in [0.1, 0.15) is 5.56 Å². The Bertz CT molecular complexity index is 1680. The van der Waals surface area contributed by atoms with E-state index in [9.17, 15) is 9.59 Å². The molecule has 204 valence electrons. The van der Waals surface area contributed by atoms with Crippen LogP contribution >= 0.6 is 0 Å². The quantitative estimate of drug-likeness (QED) is 0.372. The highest BCUT2D eigenvalue weighted by molar-refractivity contribution is 6.05. The van der Waals surface area contributed by atoms with Crippen LogP contribution in [0.2, 0.25) is 0 Å². The van der Waals surface area contributed by atoms with Crippen molar-refractivity contribution in [2.45, 2.75) is 13.0 Å². The van der Waals surface area contributed by atoms with Crippen LogP contribution in [0, 0.1) is 6.92 Å². The Balaban J connectivity index is 1.28. The molecule has 2 aromatic heterocycles. The van der Waals surface area contributed by atoms with Gasteiger partial charge in [-0.25, -0.2) is 4.98 Å². The van der Waals surface area contributed by atoms with Crippen LogP contribution in [0.5, 0.6) is 5.75 Å². The number of rotatable bonds is 6. The van der Waals surface area contributed by atoms with Crippen molar-refractivity contribution in [3.05, 3.63) is 83.3 Å². The number of hydrogen-bond acceptors (Lipinski definition) is 8. The summed E-state index contributed by atoms with van der Waals surface area (Å²) in [7, 11) is 3.78. The van der Waals surface area contributed by atoms with E-state index in [4.69, 9.17) is 4.74 Å². The number of amides is 1. The van der Waals surface area contributed by atoms with E-state index in [1.807, 2.05) is 60.4 Å². The molecule has 6 rings (SSSR count). The molecule has 10 heteroatoms. The fourth-order valence-electron chi connectivity index (χ4n) is 5.36. The number of pyridine rings is 1. The third-order valence-corrected chi connectivity index (χ3v) is 7.43. The molecule has 0 radical (unpaired) electrons. The summed E-state index contributed by atoms with van der Waals surface area (Å²) >= 11 is 0. The van der Waals surface area contributed by atoms with Crippen LogP contribution in [0.25, 0.3) is 11.0 Å². The molecule has 2 aliphatic rings. The van der Waals surface area contributed by atoms with Crippen molar-refractivity contribution in [1.82, 2.24) is 19.4 Å². The number of carbonyl (C=O) groups excluding carboxylic acids is 1. The molecule has 0 bridgehead atoms. The maximum absolute atomic E-state index is 13.6. The van der Waals surface area contributed by atoms with Crippen molar-refractivity contribution in [3.8, 4) is 5.75 Å². The minimum Gasteiger partial charge on any atom is -0.488 e. The highest BCUT2D eigenvalue weighted by Gasteiger charge is 2.30. The van der Waals surface area contributed by atoms with Gasteiger partial charge in [0, 0.05) is 50.5 Å². The van der Waals surface area contributed by atoms with Gasteiger partial charge in [0.2, 0.25) is 5.95 Å². The van der Waals surface area contributed by atoms with E-state index in [0.29, 0.717) is 30.4 Å². The number of anilines is 5. The van der Waals surface area contributed by atoms with Gasteiger partial charge >= 0.3 is 0 Å². The van der Waals surface area contributed by atoms with E-state index in [1.54, 1.807) is 22.7 Å². The van der Waals surface area contributed by atoms with Gasteiger partial charge in [-0.3, -0.25) is 19.1 Å². The molecule has 4 heterocycles. The lowest BCUT2D eigenvalue weighted by atomic mass is 10.1. The number of aryl methyl sites for hydroxylation is 2. The third kappa shape index (κ3) is 4.56. The Hall–Kier alpha value is -4.70. The number of likely N-dealkylation sites (N-methyl/N-ethyl adjacent to an activating group) is 1. The van der Waals surface area contributed by atoms with Crippen LogP contribution < -0.4 is 25.4 Å². The molecule has 0 atom stereocenters. The number of aromatic nitrogens is 3. The average molecular weight is 538 g/mol. The summed E-state index contributed by atoms with van der Waals surface area (Å²) in [5.74, 6) is 1.05. The highest BCUT2D eigenvalue weighted by atomic mass is 16.5. The second-order valence-corrected chi connectivity index (χ2v) is 10.3. The molecular weight excluding hydrogens is 506 g/mol. The zero-order chi connectivity index (χ0) is 28.0. The van der Waals surface area contributed by atoms with Gasteiger partial charge in [0.05, 0.1) is 11.4 Å². The highest BCUT2D eigenvalue weighted by Crippen LogP contribution is 2.39. The van der Waals surface area contributed by atoms with Crippen molar-refractivity contribution in [1.29, 1.82) is 0 Å². The zero-order valence-corrected chi connectivity index (χ0v) is 22.8. The largest absolute Gasteiger partial charge is 0.488 e. The Labute approximate surface area is 232 Å². The molecule has 0 aliphatic carbocycles. The zero-order valence-electron chi connectivity index (χ0n) is 22.8. The monoisotopic (exact) mass is 537 g/mol. The first-order valence-corrected chi connectivity index (χ1v) is 13.2. The van der Waals surface area contributed by atoms with Crippen LogP contribution in [0.3, 0.4) is 0 Å². The minimum absolute atomic E-state index is 0.164. The molecular formula is C30H31N7O3. The van der Waals surface area contributed by atoms with Crippen molar-refractivity contribution < 1.29 is 9.53 Å². The van der Waals surface area contributed by atoms with Crippen molar-refractivity contribution in [2.24, 2.45) is 7.05 Å². The number of hydrogen-bond donors (Lipinski definition) is 1. The lowest BCUT2D eigenvalue weighted by molar-refractivity contribution is -0.114. The third-order valence-electron chi connectivity index (χ3n) is 7.43. The fourth-order valence-corrected chi connectivity index (χ4v) is 5.36. The summed E-state index contributed by atoms with van der Waals surface area (Å²) in [4.78, 5) is 41.2. The van der Waals surface area contributed by atoms with E-state index in [-0.39, 0.29) is 17.6 Å². The average Bonchev–Trinajstić information content (AvgIpc) is 2.94. The van der Waals surface area contributed by atoms with Gasteiger partial charge in [-0.1, -0.05) is 18.7 Å². The van der Waals surface area contributed by atoms with E-state index in [0.717, 1.165) is 46.9 Å². The Kier molecular flexibility index (Phi) is 6.47. The van der Waals surface area contributed by atoms with E-state index < -0.39 is 0 Å². The second-order valence-electron chi connectivity index (χ2n) is 10.3. The molecule has 0 saturated carbocycles. The van der Waals surface area contributed by atoms with Crippen molar-refractivity contribution >= 4 is 45.6 Å². The smallest absolute Gasteiger partial charge is 0.275 e. The van der Waals surface area contributed by atoms with E-state index in [2.05, 4.69) is 33.8 Å². The predicted octanol–water partition coefficient (Wildman–Crippen LogP) is 3.74. The molecule has 0 unspecified atom stereocenters. The van der Waals surface area contributed by atoms with Gasteiger partial charge < -0.3 is 19.9 Å². The number of carbonyl (C=O) groups is 1. The van der Waals surface area contributed by atoms with Gasteiger partial charge in [0.25, 0.3) is 11.5 Å². The molecule has 1 fully saturated rings. The maximum Gasteiger partial charge on any atom is 0.275 e. The molecule has 4 aromatic rings. The van der Waals surface area contributed by atoms with Crippen LogP contribution in [0.4, 0.5) is 28.7 Å². The lowest BCUT2D eigenvalue weighted by Gasteiger charge is -2.38. The summed E-state index contributed by atoms with van der Waals surface area (Å²) in [5, 5.41) is 3.95. The van der Waals surface area contributed by atoms with E-state index in [1.165, 1.54) is 6.08 Å². The Morgan fingerprint density at radius 1 is 1.10 bits per heavy atom. The van der Waals surface area contributed by atoms with Gasteiger partial charge in [-0.15, -0.1) is 0 Å². The number of para-hydroxylation sites is 1. The first kappa shape index (κ1) is 25.6. The SMILES string of the molecule is C=CC(=O)N1CCN(c2cc3cnc(Nc4ccc(OC5CN(C)C5)cc4)nc3n(C)c2=O)c2cccc(C)c21. The molecule has 2 aliphatic heterocycles. The summed E-state index contributed by atoms with van der Waals surface area (Å²) in [6.45, 7) is 8.37. The molecule has 40 heavy (non-hydrogen) atoms. The number of benzene rings is 2. The number of ether oxygens (including phenoxy) is 1. The maximum atomic E-state index is 13.6. The number of nitrogens with zero attached hydrogens (tertiary/aromatic N) is 6. The van der Waals surface area contributed by atoms with Gasteiger partial charge in [-0.2, -0.15) is 4.98 Å². The molecule has 10 nitrogen and oxygen atoms in total. The van der Waals surface area contributed by atoms with Crippen molar-refractivity contribution in [2.75, 3.05) is 48.3 Å². The number of fused-ring (bicyclic) bond motifs is 2. The lowest BCUT2D eigenvalue weighted by Crippen LogP contribution is -2.51. The molecule has 1 saturated heterocycles. The fraction of sp³-hybridized carbons (Fsp3) is 0.267. The predicted molar refractivity (Wildman–Crippen MR) is 157 cm³/mol. The van der Waals surface area contributed by atoms with Gasteiger partial charge in [-0.05, 0) is 62.0 Å². The molecule has 1 N–H and O–H groups in total. The van der Waals surface area contributed by atoms with Crippen molar-refractivity contribution in [3.63, 3.8) is 0 Å². The van der Waals surface area contributed by atoms with Gasteiger partial charge in [0.1, 0.15) is 23.2 Å². The first-order chi connectivity index (χ1) is 19.3. The topological polar surface area (TPSA) is 95.8 Å². The van der Waals surface area contributed by atoms with Crippen LogP contribution in [-0.2, 0) is 11.8 Å². The number of nitrogens with one attached hydrogen (secondary N) is 1. The van der Waals surface area contributed by atoms with Crippen LogP contribution in [-0.4, -0.2) is 64.7 Å². The van der Waals surface area contributed by atoms with E-state index >= 15 is 0 Å². The summed E-state index contributed by atoms with van der Waals surface area (Å²) < 4.78 is 7.50. The first-order valence-electron chi connectivity index (χ1n) is 13.2. The summed E-state index contributed by atoms with van der Waals surface area (Å²) in [6, 6.07) is 15.3. The Morgan fingerprint density at radius 2 is 1.88 bits per heavy atom. The molecule has 0 spiro atoms. The molecule has 2 aromatic carbocycles. The second kappa shape index (κ2) is 10.1. The van der Waals surface area contributed by atoms with Gasteiger partial charge in [0.15, 0.2) is 0 Å². The Morgan fingerprint density at radius 3 is 2.60 bits per heavy atom. The van der Waals surface area contributed by atoms with Crippen LogP contribution in [0.15, 0.2) is 72.2 Å². The standard InChI is InChI=1S/C30H31N7O3/c1-5-26(38)37-14-13-36(24-8-6-7-19(2)27(24)37)25-15-20-16-31-30(33-28(20)35(4)29(25)39)32-21-9-11-22(12-10-21)40-23-17-34(3)18-23/h5-12,15-16,23H,1,13-14,17-18H2,2-4H3,(H,31,32,33). The minimum atomic E-state index is -0.184. The summed E-state index contributed by atoms with van der Waals surface area (Å²) in [5.41, 5.74) is 4.19. The molecule has 1 amide bonds. The summed E-state index contributed by atoms with van der Waals surface area (Å²) in [6.07, 6.45) is 3.27. The number of likely N-dealkylation sites (tertiary alicyclic amines) is 1. The normalized spacial score (nSPS) is 15.5.